The third-order valence-corrected chi connectivity index (χ3v) is 4.85. The fraction of sp³-hybridized carbons (Fsp3) is 0.278. The van der Waals surface area contributed by atoms with Crippen LogP contribution in [-0.4, -0.2) is 43.1 Å². The molecule has 1 saturated heterocycles. The quantitative estimate of drug-likeness (QED) is 0.616. The fourth-order valence-corrected chi connectivity index (χ4v) is 3.34. The van der Waals surface area contributed by atoms with Crippen LogP contribution in [0.25, 0.3) is 5.57 Å². The first-order chi connectivity index (χ1) is 13.0. The summed E-state index contributed by atoms with van der Waals surface area (Å²) in [6.07, 6.45) is 1.33. The Kier molecular flexibility index (Phi) is 6.15. The summed E-state index contributed by atoms with van der Waals surface area (Å²) in [7, 11) is 0. The number of benzene rings is 1. The number of nitrogens with zero attached hydrogens (tertiary/aromatic N) is 2. The van der Waals surface area contributed by atoms with E-state index in [0.717, 1.165) is 18.2 Å². The maximum Gasteiger partial charge on any atom is 0.289 e. The van der Waals surface area contributed by atoms with Crippen LogP contribution >= 0.6 is 11.3 Å². The Balaban J connectivity index is 1.54. The summed E-state index contributed by atoms with van der Waals surface area (Å²) in [5, 5.41) is 2.40. The molecule has 1 aliphatic heterocycles. The summed E-state index contributed by atoms with van der Waals surface area (Å²) in [5.74, 6) is -1.33. The Morgan fingerprint density at radius 1 is 1.22 bits per heavy atom. The Hall–Kier alpha value is -2.78. The van der Waals surface area contributed by atoms with Gasteiger partial charge in [0.2, 0.25) is 0 Å². The predicted octanol–water partition coefficient (Wildman–Crippen LogP) is 1.98. The number of carbonyl (C=O) groups is 2. The molecule has 0 saturated carbocycles. The molecule has 2 N–H and O–H groups in total. The first-order valence-electron chi connectivity index (χ1n) is 8.36. The minimum Gasteiger partial charge on any atom is -0.378 e. The molecule has 0 aliphatic carbocycles. The van der Waals surface area contributed by atoms with Gasteiger partial charge in [-0.2, -0.15) is 0 Å². The van der Waals surface area contributed by atoms with E-state index in [1.54, 1.807) is 24.4 Å². The largest absolute Gasteiger partial charge is 0.378 e. The lowest BCUT2D eigenvalue weighted by Crippen LogP contribution is -2.41. The molecule has 27 heavy (non-hydrogen) atoms. The third kappa shape index (κ3) is 5.11. The summed E-state index contributed by atoms with van der Waals surface area (Å²) in [4.78, 5) is 30.5. The molecular weight excluding hydrogens is 371 g/mol. The van der Waals surface area contributed by atoms with E-state index in [9.17, 15) is 14.0 Å². The lowest BCUT2D eigenvalue weighted by Gasteiger charge is -2.25. The molecule has 0 unspecified atom stereocenters. The molecule has 0 spiro atoms. The first kappa shape index (κ1) is 19.0. The average Bonchev–Trinajstić information content (AvgIpc) is 3.17. The lowest BCUT2D eigenvalue weighted by molar-refractivity contribution is -0.117. The molecule has 1 aliphatic rings. The molecule has 1 aromatic carbocycles. The zero-order chi connectivity index (χ0) is 19.2. The number of hydrogen-bond acceptors (Lipinski definition) is 6. The van der Waals surface area contributed by atoms with Gasteiger partial charge >= 0.3 is 0 Å². The van der Waals surface area contributed by atoms with Crippen molar-refractivity contribution in [2.24, 2.45) is 0 Å². The number of allylic oxidation sites excluding steroid dienone is 1. The van der Waals surface area contributed by atoms with E-state index < -0.39 is 11.8 Å². The van der Waals surface area contributed by atoms with Crippen LogP contribution in [0.1, 0.15) is 23.0 Å². The minimum absolute atomic E-state index is 0.237. The number of morpholine rings is 1. The minimum atomic E-state index is -0.494. The topological polar surface area (TPSA) is 83.6 Å². The van der Waals surface area contributed by atoms with Crippen LogP contribution in [0.3, 0.4) is 0 Å². The van der Waals surface area contributed by atoms with Gasteiger partial charge in [0.1, 0.15) is 11.5 Å². The average molecular weight is 390 g/mol. The van der Waals surface area contributed by atoms with Crippen molar-refractivity contribution in [2.75, 3.05) is 31.2 Å². The van der Waals surface area contributed by atoms with Crippen LogP contribution in [0.2, 0.25) is 0 Å². The number of rotatable bonds is 4. The number of aromatic nitrogens is 1. The van der Waals surface area contributed by atoms with Gasteiger partial charge in [0.25, 0.3) is 11.8 Å². The number of anilines is 1. The van der Waals surface area contributed by atoms with E-state index in [-0.39, 0.29) is 11.5 Å². The van der Waals surface area contributed by atoms with Gasteiger partial charge in [0.05, 0.1) is 13.2 Å². The molecule has 7 nitrogen and oxygen atoms in total. The van der Waals surface area contributed by atoms with Gasteiger partial charge in [-0.05, 0) is 30.2 Å². The monoisotopic (exact) mass is 390 g/mol. The molecular formula is C18H19FN4O3S. The van der Waals surface area contributed by atoms with E-state index >= 15 is 0 Å². The van der Waals surface area contributed by atoms with Gasteiger partial charge in [-0.25, -0.2) is 9.37 Å². The van der Waals surface area contributed by atoms with Crippen LogP contribution in [0, 0.1) is 5.82 Å². The summed E-state index contributed by atoms with van der Waals surface area (Å²) in [5.41, 5.74) is 6.26. The number of nitrogens with one attached hydrogen (secondary N) is 2. The molecule has 1 aromatic heterocycles. The number of ether oxygens (including phenoxy) is 1. The van der Waals surface area contributed by atoms with Crippen LogP contribution in [0.15, 0.2) is 35.7 Å². The molecule has 1 fully saturated rings. The molecule has 2 heterocycles. The van der Waals surface area contributed by atoms with E-state index in [2.05, 4.69) is 20.7 Å². The third-order valence-electron chi connectivity index (χ3n) is 3.95. The van der Waals surface area contributed by atoms with Gasteiger partial charge in [0.15, 0.2) is 5.13 Å². The van der Waals surface area contributed by atoms with Crippen molar-refractivity contribution in [3.63, 3.8) is 0 Å². The van der Waals surface area contributed by atoms with Crippen molar-refractivity contribution in [1.82, 2.24) is 15.8 Å². The number of amides is 2. The lowest BCUT2D eigenvalue weighted by atomic mass is 10.1. The Morgan fingerprint density at radius 3 is 2.63 bits per heavy atom. The highest BCUT2D eigenvalue weighted by Crippen LogP contribution is 2.21. The van der Waals surface area contributed by atoms with Crippen molar-refractivity contribution >= 4 is 33.9 Å². The maximum atomic E-state index is 12.9. The maximum absolute atomic E-state index is 12.9. The Morgan fingerprint density at radius 2 is 1.93 bits per heavy atom. The second-order valence-electron chi connectivity index (χ2n) is 5.89. The molecule has 2 aromatic rings. The number of hydrazine groups is 1. The van der Waals surface area contributed by atoms with Crippen molar-refractivity contribution in [3.8, 4) is 0 Å². The smallest absolute Gasteiger partial charge is 0.289 e. The normalized spacial score (nSPS) is 14.7. The van der Waals surface area contributed by atoms with Gasteiger partial charge in [-0.1, -0.05) is 12.1 Å². The molecule has 0 bridgehead atoms. The van der Waals surface area contributed by atoms with Gasteiger partial charge in [-0.15, -0.1) is 11.3 Å². The van der Waals surface area contributed by atoms with E-state index in [4.69, 9.17) is 4.74 Å². The SMILES string of the molecule is C/C(=C\C(=O)NNC(=O)c1csc(N2CCOCC2)n1)c1ccc(F)cc1. The molecule has 9 heteroatoms. The Bertz CT molecular complexity index is 845. The Labute approximate surface area is 159 Å². The summed E-state index contributed by atoms with van der Waals surface area (Å²) >= 11 is 1.37. The zero-order valence-electron chi connectivity index (χ0n) is 14.7. The fourth-order valence-electron chi connectivity index (χ4n) is 2.48. The van der Waals surface area contributed by atoms with E-state index in [1.165, 1.54) is 29.5 Å². The second-order valence-corrected chi connectivity index (χ2v) is 6.73. The van der Waals surface area contributed by atoms with Gasteiger partial charge < -0.3 is 9.64 Å². The summed E-state index contributed by atoms with van der Waals surface area (Å²) in [6, 6.07) is 5.80. The molecule has 2 amide bonds. The highest BCUT2D eigenvalue weighted by Gasteiger charge is 2.17. The van der Waals surface area contributed by atoms with Crippen LogP contribution in [-0.2, 0) is 9.53 Å². The van der Waals surface area contributed by atoms with Crippen LogP contribution in [0.5, 0.6) is 0 Å². The van der Waals surface area contributed by atoms with Crippen LogP contribution < -0.4 is 15.8 Å². The van der Waals surface area contributed by atoms with Gasteiger partial charge in [0, 0.05) is 24.5 Å². The first-order valence-corrected chi connectivity index (χ1v) is 9.23. The molecule has 142 valence electrons. The number of carbonyl (C=O) groups excluding carboxylic acids is 2. The van der Waals surface area contributed by atoms with E-state index in [1.807, 2.05) is 0 Å². The standard InChI is InChI=1S/C18H19FN4O3S/c1-12(13-2-4-14(19)5-3-13)10-16(24)21-22-17(25)15-11-27-18(20-15)23-6-8-26-9-7-23/h2-5,10-11H,6-9H2,1H3,(H,21,24)(H,22,25)/b12-10+. The predicted molar refractivity (Wildman–Crippen MR) is 101 cm³/mol. The highest BCUT2D eigenvalue weighted by atomic mass is 32.1. The van der Waals surface area contributed by atoms with Gasteiger partial charge in [-0.3, -0.25) is 20.4 Å². The molecule has 0 atom stereocenters. The summed E-state index contributed by atoms with van der Waals surface area (Å²) in [6.45, 7) is 4.47. The second kappa shape index (κ2) is 8.74. The number of halogens is 1. The van der Waals surface area contributed by atoms with Crippen molar-refractivity contribution in [1.29, 1.82) is 0 Å². The molecule has 3 rings (SSSR count). The van der Waals surface area contributed by atoms with Crippen molar-refractivity contribution < 1.29 is 18.7 Å². The van der Waals surface area contributed by atoms with Crippen molar-refractivity contribution in [3.05, 3.63) is 52.8 Å². The highest BCUT2D eigenvalue weighted by molar-refractivity contribution is 7.13. The number of thiazole rings is 1. The van der Waals surface area contributed by atoms with E-state index in [0.29, 0.717) is 24.4 Å². The van der Waals surface area contributed by atoms with Crippen molar-refractivity contribution in [2.45, 2.75) is 6.92 Å². The summed E-state index contributed by atoms with van der Waals surface area (Å²) < 4.78 is 18.2. The zero-order valence-corrected chi connectivity index (χ0v) is 15.5. The van der Waals surface area contributed by atoms with Crippen LogP contribution in [0.4, 0.5) is 9.52 Å². The molecule has 0 radical (unpaired) electrons. The number of hydrogen-bond donors (Lipinski definition) is 2.